The molecule has 0 aliphatic rings. The SMILES string of the molecule is O=C(O)Cn1c(=O)n(Cc2ccc(Cl)cc2)c2ccccc21. The number of hydrogen-bond donors (Lipinski definition) is 1. The number of para-hydroxylation sites is 2. The average Bonchev–Trinajstić information content (AvgIpc) is 2.75. The Hall–Kier alpha value is -2.53. The van der Waals surface area contributed by atoms with E-state index in [1.54, 1.807) is 28.8 Å². The van der Waals surface area contributed by atoms with Gasteiger partial charge in [0.2, 0.25) is 0 Å². The van der Waals surface area contributed by atoms with E-state index in [1.807, 2.05) is 24.3 Å². The van der Waals surface area contributed by atoms with E-state index in [2.05, 4.69) is 0 Å². The van der Waals surface area contributed by atoms with Crippen molar-refractivity contribution in [2.45, 2.75) is 13.1 Å². The molecule has 0 bridgehead atoms. The van der Waals surface area contributed by atoms with E-state index in [0.29, 0.717) is 22.6 Å². The molecule has 3 aromatic rings. The van der Waals surface area contributed by atoms with Crippen molar-refractivity contribution >= 4 is 28.6 Å². The number of carbonyl (C=O) groups is 1. The summed E-state index contributed by atoms with van der Waals surface area (Å²) in [4.78, 5) is 23.5. The van der Waals surface area contributed by atoms with Gasteiger partial charge in [0.05, 0.1) is 17.6 Å². The van der Waals surface area contributed by atoms with E-state index in [4.69, 9.17) is 16.7 Å². The van der Waals surface area contributed by atoms with E-state index < -0.39 is 5.97 Å². The molecule has 5 nitrogen and oxygen atoms in total. The van der Waals surface area contributed by atoms with Crippen LogP contribution in [0.3, 0.4) is 0 Å². The van der Waals surface area contributed by atoms with Crippen LogP contribution in [0.15, 0.2) is 53.3 Å². The van der Waals surface area contributed by atoms with Crippen LogP contribution in [0, 0.1) is 0 Å². The molecule has 0 aliphatic carbocycles. The van der Waals surface area contributed by atoms with E-state index in [1.165, 1.54) is 4.57 Å². The van der Waals surface area contributed by atoms with Crippen molar-refractivity contribution < 1.29 is 9.90 Å². The first-order valence-corrected chi connectivity index (χ1v) is 7.08. The molecule has 0 unspecified atom stereocenters. The summed E-state index contributed by atoms with van der Waals surface area (Å²) >= 11 is 5.86. The fourth-order valence-electron chi connectivity index (χ4n) is 2.49. The normalized spacial score (nSPS) is 11.0. The van der Waals surface area contributed by atoms with Crippen molar-refractivity contribution in [2.24, 2.45) is 0 Å². The lowest BCUT2D eigenvalue weighted by Crippen LogP contribution is -2.27. The molecule has 0 aliphatic heterocycles. The van der Waals surface area contributed by atoms with Gasteiger partial charge in [-0.1, -0.05) is 35.9 Å². The van der Waals surface area contributed by atoms with Crippen LogP contribution in [0.5, 0.6) is 0 Å². The van der Waals surface area contributed by atoms with E-state index in [9.17, 15) is 9.59 Å². The fraction of sp³-hybridized carbons (Fsp3) is 0.125. The van der Waals surface area contributed by atoms with Crippen molar-refractivity contribution in [3.8, 4) is 0 Å². The lowest BCUT2D eigenvalue weighted by Gasteiger charge is -2.03. The summed E-state index contributed by atoms with van der Waals surface area (Å²) in [7, 11) is 0. The average molecular weight is 317 g/mol. The molecule has 3 rings (SSSR count). The molecule has 0 atom stereocenters. The highest BCUT2D eigenvalue weighted by molar-refractivity contribution is 6.30. The minimum Gasteiger partial charge on any atom is -0.480 e. The van der Waals surface area contributed by atoms with Gasteiger partial charge < -0.3 is 5.11 Å². The van der Waals surface area contributed by atoms with Crippen molar-refractivity contribution in [2.75, 3.05) is 0 Å². The molecule has 0 amide bonds. The number of rotatable bonds is 4. The topological polar surface area (TPSA) is 64.2 Å². The van der Waals surface area contributed by atoms with Crippen molar-refractivity contribution in [1.82, 2.24) is 9.13 Å². The maximum atomic E-state index is 12.5. The van der Waals surface area contributed by atoms with Crippen LogP contribution < -0.4 is 5.69 Å². The Kier molecular flexibility index (Phi) is 3.73. The Bertz CT molecular complexity index is 894. The first kappa shape index (κ1) is 14.4. The monoisotopic (exact) mass is 316 g/mol. The predicted octanol–water partition coefficient (Wildman–Crippen LogP) is 2.59. The van der Waals surface area contributed by atoms with Crippen LogP contribution in [0.1, 0.15) is 5.56 Å². The standard InChI is InChI=1S/C16H13ClN2O3/c17-12-7-5-11(6-8-12)9-18-13-3-1-2-4-14(13)19(16(18)22)10-15(20)21/h1-8H,9-10H2,(H,20,21). The van der Waals surface area contributed by atoms with Crippen LogP contribution in [0.25, 0.3) is 11.0 Å². The van der Waals surface area contributed by atoms with Gasteiger partial charge in [0.15, 0.2) is 0 Å². The molecule has 112 valence electrons. The second-order valence-corrected chi connectivity index (χ2v) is 5.40. The predicted molar refractivity (Wildman–Crippen MR) is 84.4 cm³/mol. The van der Waals surface area contributed by atoms with Crippen LogP contribution in [-0.4, -0.2) is 20.2 Å². The minimum absolute atomic E-state index is 0.335. The Morgan fingerprint density at radius 3 is 2.18 bits per heavy atom. The van der Waals surface area contributed by atoms with Crippen LogP contribution in [-0.2, 0) is 17.9 Å². The summed E-state index contributed by atoms with van der Waals surface area (Å²) < 4.78 is 2.84. The molecule has 6 heteroatoms. The number of imidazole rings is 1. The van der Waals surface area contributed by atoms with Gasteiger partial charge in [0.25, 0.3) is 0 Å². The van der Waals surface area contributed by atoms with Gasteiger partial charge in [-0.3, -0.25) is 13.9 Å². The number of carboxylic acid groups (broad SMARTS) is 1. The number of hydrogen-bond acceptors (Lipinski definition) is 2. The van der Waals surface area contributed by atoms with Gasteiger partial charge in [0.1, 0.15) is 6.54 Å². The van der Waals surface area contributed by atoms with Crippen LogP contribution in [0.2, 0.25) is 5.02 Å². The minimum atomic E-state index is -1.04. The number of benzene rings is 2. The first-order chi connectivity index (χ1) is 10.6. The molecule has 0 radical (unpaired) electrons. The quantitative estimate of drug-likeness (QED) is 0.804. The van der Waals surface area contributed by atoms with Crippen molar-refractivity contribution in [1.29, 1.82) is 0 Å². The summed E-state index contributed by atoms with van der Waals surface area (Å²) in [5.41, 5.74) is 1.91. The smallest absolute Gasteiger partial charge is 0.329 e. The summed E-state index contributed by atoms with van der Waals surface area (Å²) in [6, 6.07) is 14.4. The second kappa shape index (κ2) is 5.69. The highest BCUT2D eigenvalue weighted by Gasteiger charge is 2.14. The maximum absolute atomic E-state index is 12.5. The highest BCUT2D eigenvalue weighted by atomic mass is 35.5. The molecule has 0 spiro atoms. The van der Waals surface area contributed by atoms with Gasteiger partial charge in [-0.2, -0.15) is 0 Å². The first-order valence-electron chi connectivity index (χ1n) is 6.70. The summed E-state index contributed by atoms with van der Waals surface area (Å²) in [5, 5.41) is 9.63. The van der Waals surface area contributed by atoms with E-state index >= 15 is 0 Å². The van der Waals surface area contributed by atoms with Gasteiger partial charge in [-0.05, 0) is 29.8 Å². The molecule has 0 saturated carbocycles. The Morgan fingerprint density at radius 1 is 1.00 bits per heavy atom. The zero-order valence-electron chi connectivity index (χ0n) is 11.6. The third-order valence-corrected chi connectivity index (χ3v) is 3.72. The van der Waals surface area contributed by atoms with E-state index in [0.717, 1.165) is 5.56 Å². The molecular formula is C16H13ClN2O3. The third-order valence-electron chi connectivity index (χ3n) is 3.47. The number of aromatic nitrogens is 2. The maximum Gasteiger partial charge on any atom is 0.329 e. The largest absolute Gasteiger partial charge is 0.480 e. The van der Waals surface area contributed by atoms with Crippen LogP contribution >= 0.6 is 11.6 Å². The zero-order chi connectivity index (χ0) is 15.7. The fourth-order valence-corrected chi connectivity index (χ4v) is 2.61. The molecule has 1 N–H and O–H groups in total. The molecular weight excluding hydrogens is 304 g/mol. The van der Waals surface area contributed by atoms with Gasteiger partial charge in [0, 0.05) is 5.02 Å². The summed E-state index contributed by atoms with van der Waals surface area (Å²) in [5.74, 6) is -1.04. The highest BCUT2D eigenvalue weighted by Crippen LogP contribution is 2.16. The van der Waals surface area contributed by atoms with Gasteiger partial charge in [-0.25, -0.2) is 4.79 Å². The van der Waals surface area contributed by atoms with Crippen molar-refractivity contribution in [3.05, 3.63) is 69.6 Å². The van der Waals surface area contributed by atoms with Gasteiger partial charge in [-0.15, -0.1) is 0 Å². The second-order valence-electron chi connectivity index (χ2n) is 4.96. The third kappa shape index (κ3) is 2.63. The molecule has 0 saturated heterocycles. The number of nitrogens with zero attached hydrogens (tertiary/aromatic N) is 2. The number of fused-ring (bicyclic) bond motifs is 1. The van der Waals surface area contributed by atoms with Gasteiger partial charge >= 0.3 is 11.7 Å². The lowest BCUT2D eigenvalue weighted by molar-refractivity contribution is -0.137. The molecule has 0 fully saturated rings. The van der Waals surface area contributed by atoms with Crippen LogP contribution in [0.4, 0.5) is 0 Å². The molecule has 2 aromatic carbocycles. The Morgan fingerprint density at radius 2 is 1.59 bits per heavy atom. The molecule has 1 heterocycles. The lowest BCUT2D eigenvalue weighted by atomic mass is 10.2. The summed E-state index contributed by atoms with van der Waals surface area (Å²) in [6.07, 6.45) is 0. The van der Waals surface area contributed by atoms with E-state index in [-0.39, 0.29) is 12.2 Å². The molecule has 1 aromatic heterocycles. The summed E-state index contributed by atoms with van der Waals surface area (Å²) in [6.45, 7) is 0.0100. The number of carboxylic acids is 1. The number of aliphatic carboxylic acids is 1. The Balaban J connectivity index is 2.13. The Labute approximate surface area is 131 Å². The van der Waals surface area contributed by atoms with Crippen molar-refractivity contribution in [3.63, 3.8) is 0 Å². The zero-order valence-corrected chi connectivity index (χ0v) is 12.3. The number of halogens is 1. The molecule has 22 heavy (non-hydrogen) atoms.